The first-order valence-electron chi connectivity index (χ1n) is 10.8. The lowest BCUT2D eigenvalue weighted by atomic mass is 9.85. The van der Waals surface area contributed by atoms with Gasteiger partial charge in [0.1, 0.15) is 5.82 Å². The summed E-state index contributed by atoms with van der Waals surface area (Å²) in [6.07, 6.45) is 2.58. The predicted octanol–water partition coefficient (Wildman–Crippen LogP) is 0.806. The van der Waals surface area contributed by atoms with Crippen LogP contribution in [0, 0.1) is 0 Å². The molecule has 166 valence electrons. The lowest BCUT2D eigenvalue weighted by Crippen LogP contribution is -2.44. The van der Waals surface area contributed by atoms with Crippen LogP contribution in [0.15, 0.2) is 4.79 Å². The van der Waals surface area contributed by atoms with E-state index in [2.05, 4.69) is 5.32 Å². The van der Waals surface area contributed by atoms with Crippen molar-refractivity contribution in [3.05, 3.63) is 27.4 Å². The summed E-state index contributed by atoms with van der Waals surface area (Å²) in [5, 5.41) is 2.94. The van der Waals surface area contributed by atoms with Crippen LogP contribution in [0.4, 0.5) is 4.79 Å². The van der Waals surface area contributed by atoms with Crippen LogP contribution in [0.5, 0.6) is 0 Å². The first-order valence-corrected chi connectivity index (χ1v) is 12.4. The van der Waals surface area contributed by atoms with E-state index < -0.39 is 10.0 Å². The van der Waals surface area contributed by atoms with Crippen molar-refractivity contribution < 1.29 is 13.2 Å². The van der Waals surface area contributed by atoms with Gasteiger partial charge in [-0.25, -0.2) is 18.2 Å². The molecule has 4 rings (SSSR count). The number of amides is 2. The van der Waals surface area contributed by atoms with E-state index in [0.29, 0.717) is 44.6 Å². The number of hydrogen-bond acceptors (Lipinski definition) is 5. The molecule has 0 saturated carbocycles. The molecule has 1 fully saturated rings. The predicted molar refractivity (Wildman–Crippen MR) is 113 cm³/mol. The number of hydrogen-bond donors (Lipinski definition) is 1. The third-order valence-corrected chi connectivity index (χ3v) is 8.50. The van der Waals surface area contributed by atoms with Crippen molar-refractivity contribution in [1.82, 2.24) is 24.1 Å². The second kappa shape index (κ2) is 7.64. The van der Waals surface area contributed by atoms with Gasteiger partial charge in [-0.1, -0.05) is 6.92 Å². The van der Waals surface area contributed by atoms with E-state index in [-0.39, 0.29) is 35.3 Å². The second-order valence-corrected chi connectivity index (χ2v) is 11.1. The molecule has 10 heteroatoms. The van der Waals surface area contributed by atoms with Gasteiger partial charge in [0.05, 0.1) is 17.0 Å². The molecule has 1 saturated heterocycles. The Morgan fingerprint density at radius 3 is 2.67 bits per heavy atom. The third kappa shape index (κ3) is 3.53. The Labute approximate surface area is 177 Å². The van der Waals surface area contributed by atoms with Crippen LogP contribution in [0.3, 0.4) is 0 Å². The van der Waals surface area contributed by atoms with Gasteiger partial charge in [-0.3, -0.25) is 9.36 Å². The molecule has 0 radical (unpaired) electrons. The monoisotopic (exact) mass is 437 g/mol. The third-order valence-electron chi connectivity index (χ3n) is 6.48. The molecule has 1 atom stereocenters. The number of nitrogens with zero attached hydrogens (tertiary/aromatic N) is 4. The Balaban J connectivity index is 1.62. The number of rotatable bonds is 4. The smallest absolute Gasteiger partial charge is 0.317 e. The van der Waals surface area contributed by atoms with Crippen LogP contribution in [0.2, 0.25) is 0 Å². The van der Waals surface area contributed by atoms with Gasteiger partial charge in [-0.05, 0) is 33.1 Å². The first kappa shape index (κ1) is 21.3. The maximum absolute atomic E-state index is 13.2. The standard InChI is InChI=1S/C20H31N5O4S/c1-4-11-30(28,29)24-8-5-16-15(12-24)17(26)25-10-7-20(18(25)22-16)6-9-23(13-20)19(27)21-14(2)3/h14H,4-13H2,1-3H3,(H,21,27). The minimum Gasteiger partial charge on any atom is -0.336 e. The molecule has 3 aliphatic heterocycles. The molecule has 4 heterocycles. The number of aromatic nitrogens is 2. The molecule has 1 aromatic rings. The molecule has 1 spiro atoms. The highest BCUT2D eigenvalue weighted by Crippen LogP contribution is 2.41. The van der Waals surface area contributed by atoms with E-state index in [0.717, 1.165) is 24.4 Å². The van der Waals surface area contributed by atoms with Crippen molar-refractivity contribution >= 4 is 16.1 Å². The van der Waals surface area contributed by atoms with E-state index in [1.165, 1.54) is 4.31 Å². The Morgan fingerprint density at radius 1 is 1.23 bits per heavy atom. The normalized spacial score (nSPS) is 23.8. The molecule has 1 unspecified atom stereocenters. The van der Waals surface area contributed by atoms with Gasteiger partial charge >= 0.3 is 6.03 Å². The molecule has 9 nitrogen and oxygen atoms in total. The SMILES string of the molecule is CCCS(=O)(=O)N1CCc2nc3n(c(=O)c2C1)CCC31CCN(C(=O)NC(C)C)C1. The van der Waals surface area contributed by atoms with Gasteiger partial charge in [-0.15, -0.1) is 0 Å². The summed E-state index contributed by atoms with van der Waals surface area (Å²) < 4.78 is 28.1. The van der Waals surface area contributed by atoms with E-state index in [9.17, 15) is 18.0 Å². The summed E-state index contributed by atoms with van der Waals surface area (Å²) in [5.41, 5.74) is 0.830. The number of fused-ring (bicyclic) bond motifs is 3. The zero-order valence-corrected chi connectivity index (χ0v) is 18.8. The van der Waals surface area contributed by atoms with Gasteiger partial charge in [-0.2, -0.15) is 4.31 Å². The summed E-state index contributed by atoms with van der Waals surface area (Å²) in [5.74, 6) is 0.871. The maximum Gasteiger partial charge on any atom is 0.317 e. The van der Waals surface area contributed by atoms with Crippen LogP contribution in [0.1, 0.15) is 57.1 Å². The average molecular weight is 438 g/mol. The fourth-order valence-electron chi connectivity index (χ4n) is 4.93. The summed E-state index contributed by atoms with van der Waals surface area (Å²) in [6, 6.07) is 0.00187. The Kier molecular flexibility index (Phi) is 5.42. The van der Waals surface area contributed by atoms with Gasteiger partial charge in [0.25, 0.3) is 5.56 Å². The molecule has 1 aromatic heterocycles. The van der Waals surface area contributed by atoms with Crippen molar-refractivity contribution in [1.29, 1.82) is 0 Å². The fraction of sp³-hybridized carbons (Fsp3) is 0.750. The topological polar surface area (TPSA) is 105 Å². The fourth-order valence-corrected chi connectivity index (χ4v) is 6.40. The van der Waals surface area contributed by atoms with Crippen LogP contribution in [-0.4, -0.2) is 64.6 Å². The number of carbonyl (C=O) groups excluding carboxylic acids is 1. The number of carbonyl (C=O) groups is 1. The van der Waals surface area contributed by atoms with Gasteiger partial charge in [0, 0.05) is 50.6 Å². The maximum atomic E-state index is 13.2. The zero-order chi connectivity index (χ0) is 21.7. The van der Waals surface area contributed by atoms with E-state index in [1.807, 2.05) is 25.7 Å². The molecule has 2 amide bonds. The number of sulfonamides is 1. The molecule has 0 aromatic carbocycles. The van der Waals surface area contributed by atoms with Crippen molar-refractivity contribution in [2.75, 3.05) is 25.4 Å². The molecular weight excluding hydrogens is 406 g/mol. The highest BCUT2D eigenvalue weighted by Gasteiger charge is 2.48. The second-order valence-electron chi connectivity index (χ2n) is 9.02. The summed E-state index contributed by atoms with van der Waals surface area (Å²) in [6.45, 7) is 7.96. The lowest BCUT2D eigenvalue weighted by molar-refractivity contribution is 0.202. The number of nitrogens with one attached hydrogen (secondary N) is 1. The van der Waals surface area contributed by atoms with Crippen LogP contribution in [-0.2, 0) is 34.9 Å². The van der Waals surface area contributed by atoms with Crippen molar-refractivity contribution in [3.8, 4) is 0 Å². The molecule has 30 heavy (non-hydrogen) atoms. The Morgan fingerprint density at radius 2 is 1.97 bits per heavy atom. The lowest BCUT2D eigenvalue weighted by Gasteiger charge is -2.29. The van der Waals surface area contributed by atoms with Crippen molar-refractivity contribution in [2.24, 2.45) is 0 Å². The summed E-state index contributed by atoms with van der Waals surface area (Å²) in [4.78, 5) is 32.4. The number of likely N-dealkylation sites (tertiary alicyclic amines) is 1. The van der Waals surface area contributed by atoms with Crippen LogP contribution in [0.25, 0.3) is 0 Å². The molecule has 0 aliphatic carbocycles. The van der Waals surface area contributed by atoms with Crippen molar-refractivity contribution in [3.63, 3.8) is 0 Å². The average Bonchev–Trinajstić information content (AvgIpc) is 3.27. The molecular formula is C20H31N5O4S. The van der Waals surface area contributed by atoms with Gasteiger partial charge in [0.15, 0.2) is 0 Å². The van der Waals surface area contributed by atoms with Crippen LogP contribution >= 0.6 is 0 Å². The number of urea groups is 1. The van der Waals surface area contributed by atoms with Crippen LogP contribution < -0.4 is 10.9 Å². The van der Waals surface area contributed by atoms with Gasteiger partial charge < -0.3 is 10.2 Å². The quantitative estimate of drug-likeness (QED) is 0.750. The minimum absolute atomic E-state index is 0.0718. The molecule has 0 bridgehead atoms. The summed E-state index contributed by atoms with van der Waals surface area (Å²) in [7, 11) is -3.35. The first-order chi connectivity index (χ1) is 14.2. The van der Waals surface area contributed by atoms with E-state index in [4.69, 9.17) is 4.98 Å². The molecule has 3 aliphatic rings. The zero-order valence-electron chi connectivity index (χ0n) is 18.0. The molecule has 1 N–H and O–H groups in total. The highest BCUT2D eigenvalue weighted by atomic mass is 32.2. The minimum atomic E-state index is -3.35. The van der Waals surface area contributed by atoms with E-state index in [1.54, 1.807) is 4.57 Å². The highest BCUT2D eigenvalue weighted by molar-refractivity contribution is 7.89. The van der Waals surface area contributed by atoms with Crippen molar-refractivity contribution in [2.45, 2.75) is 71.0 Å². The largest absolute Gasteiger partial charge is 0.336 e. The van der Waals surface area contributed by atoms with E-state index >= 15 is 0 Å². The van der Waals surface area contributed by atoms with Gasteiger partial charge in [0.2, 0.25) is 10.0 Å². The summed E-state index contributed by atoms with van der Waals surface area (Å²) >= 11 is 0. The Bertz CT molecular complexity index is 1020. The Hall–Kier alpha value is -1.94.